The van der Waals surface area contributed by atoms with Crippen LogP contribution in [0.1, 0.15) is 28.2 Å². The average molecular weight is 333 g/mol. The summed E-state index contributed by atoms with van der Waals surface area (Å²) in [5, 5.41) is 7.86. The van der Waals surface area contributed by atoms with Crippen LogP contribution >= 0.6 is 0 Å². The molecule has 8 heteroatoms. The average Bonchev–Trinajstić information content (AvgIpc) is 3.06. The molecule has 0 bridgehead atoms. The number of carbonyl (C=O) groups excluding carboxylic acids is 1. The first kappa shape index (κ1) is 16.3. The van der Waals surface area contributed by atoms with Gasteiger partial charge in [-0.05, 0) is 12.1 Å². The maximum absolute atomic E-state index is 13.0. The second-order valence-electron chi connectivity index (χ2n) is 5.31. The number of morpholine rings is 1. The Bertz CT molecular complexity index is 730. The van der Waals surface area contributed by atoms with E-state index in [1.54, 1.807) is 37.1 Å². The lowest BCUT2D eigenvalue weighted by atomic mass is 10.1. The molecule has 1 aromatic carbocycles. The van der Waals surface area contributed by atoms with Gasteiger partial charge in [-0.3, -0.25) is 4.79 Å². The lowest BCUT2D eigenvalue weighted by Gasteiger charge is -2.33. The molecule has 1 atom stereocenters. The predicted octanol–water partition coefficient (Wildman–Crippen LogP) is 1.61. The van der Waals surface area contributed by atoms with E-state index in [0.717, 1.165) is 0 Å². The molecule has 128 valence electrons. The summed E-state index contributed by atoms with van der Waals surface area (Å²) in [6.07, 6.45) is 0. The zero-order valence-electron chi connectivity index (χ0n) is 13.8. The summed E-state index contributed by atoms with van der Waals surface area (Å²) in [7, 11) is 3.08. The molecule has 24 heavy (non-hydrogen) atoms. The monoisotopic (exact) mass is 333 g/mol. The Morgan fingerprint density at radius 1 is 1.29 bits per heavy atom. The summed E-state index contributed by atoms with van der Waals surface area (Å²) in [6.45, 7) is 2.90. The minimum Gasteiger partial charge on any atom is -0.497 e. The van der Waals surface area contributed by atoms with Gasteiger partial charge >= 0.3 is 0 Å². The van der Waals surface area contributed by atoms with Gasteiger partial charge in [-0.1, -0.05) is 0 Å². The third-order valence-electron chi connectivity index (χ3n) is 3.86. The van der Waals surface area contributed by atoms with E-state index in [4.69, 9.17) is 18.6 Å². The zero-order valence-corrected chi connectivity index (χ0v) is 13.8. The molecule has 1 aromatic heterocycles. The van der Waals surface area contributed by atoms with Gasteiger partial charge in [0.05, 0.1) is 33.0 Å². The molecular formula is C16H19N3O5. The highest BCUT2D eigenvalue weighted by Crippen LogP contribution is 2.30. The molecule has 8 nitrogen and oxygen atoms in total. The fraction of sp³-hybridized carbons (Fsp3) is 0.438. The fourth-order valence-corrected chi connectivity index (χ4v) is 2.63. The molecule has 0 radical (unpaired) electrons. The van der Waals surface area contributed by atoms with Crippen LogP contribution < -0.4 is 9.47 Å². The van der Waals surface area contributed by atoms with Crippen LogP contribution in [0.25, 0.3) is 0 Å². The number of hydrogen-bond donors (Lipinski definition) is 0. The Labute approximate surface area is 139 Å². The molecule has 0 N–H and O–H groups in total. The summed E-state index contributed by atoms with van der Waals surface area (Å²) < 4.78 is 21.5. The van der Waals surface area contributed by atoms with Gasteiger partial charge in [0.25, 0.3) is 5.91 Å². The number of aryl methyl sites for hydroxylation is 1. The first-order valence-electron chi connectivity index (χ1n) is 7.54. The van der Waals surface area contributed by atoms with Crippen LogP contribution in [0.3, 0.4) is 0 Å². The highest BCUT2D eigenvalue weighted by Gasteiger charge is 2.34. The standard InChI is InChI=1S/C16H19N3O5/c1-10-17-18-15(24-10)13-9-23-7-6-19(13)16(20)12-5-4-11(21-2)8-14(12)22-3/h4-5,8,13H,6-7,9H2,1-3H3/t13-/m1/s1. The van der Waals surface area contributed by atoms with Crippen LogP contribution in [-0.4, -0.2) is 55.0 Å². The highest BCUT2D eigenvalue weighted by atomic mass is 16.5. The second kappa shape index (κ2) is 6.88. The van der Waals surface area contributed by atoms with E-state index in [0.29, 0.717) is 48.6 Å². The number of rotatable bonds is 4. The molecule has 3 rings (SSSR count). The lowest BCUT2D eigenvalue weighted by molar-refractivity contribution is -0.0107. The van der Waals surface area contributed by atoms with Crippen LogP contribution in [0.4, 0.5) is 0 Å². The zero-order chi connectivity index (χ0) is 17.1. The molecule has 0 saturated carbocycles. The van der Waals surface area contributed by atoms with E-state index in [1.165, 1.54) is 7.11 Å². The van der Waals surface area contributed by atoms with Crippen LogP contribution in [0.5, 0.6) is 11.5 Å². The molecular weight excluding hydrogens is 314 g/mol. The van der Waals surface area contributed by atoms with E-state index < -0.39 is 6.04 Å². The van der Waals surface area contributed by atoms with Gasteiger partial charge in [-0.2, -0.15) is 0 Å². The van der Waals surface area contributed by atoms with Gasteiger partial charge in [0.2, 0.25) is 11.8 Å². The molecule has 1 aliphatic heterocycles. The van der Waals surface area contributed by atoms with E-state index in [1.807, 2.05) is 0 Å². The van der Waals surface area contributed by atoms with Crippen molar-refractivity contribution in [3.05, 3.63) is 35.5 Å². The van der Waals surface area contributed by atoms with E-state index in [2.05, 4.69) is 10.2 Å². The van der Waals surface area contributed by atoms with Gasteiger partial charge in [0.15, 0.2) is 0 Å². The number of nitrogens with zero attached hydrogens (tertiary/aromatic N) is 3. The molecule has 1 saturated heterocycles. The molecule has 0 aliphatic carbocycles. The molecule has 1 fully saturated rings. The normalized spacial score (nSPS) is 17.6. The van der Waals surface area contributed by atoms with Gasteiger partial charge in [-0.15, -0.1) is 10.2 Å². The Morgan fingerprint density at radius 2 is 2.12 bits per heavy atom. The van der Waals surface area contributed by atoms with Gasteiger partial charge < -0.3 is 23.5 Å². The number of ether oxygens (including phenoxy) is 3. The lowest BCUT2D eigenvalue weighted by Crippen LogP contribution is -2.43. The summed E-state index contributed by atoms with van der Waals surface area (Å²) >= 11 is 0. The number of aromatic nitrogens is 2. The summed E-state index contributed by atoms with van der Waals surface area (Å²) in [6, 6.07) is 4.67. The summed E-state index contributed by atoms with van der Waals surface area (Å²) in [5.74, 6) is 1.71. The fourth-order valence-electron chi connectivity index (χ4n) is 2.63. The first-order chi connectivity index (χ1) is 11.6. The quantitative estimate of drug-likeness (QED) is 0.840. The SMILES string of the molecule is COc1ccc(C(=O)N2CCOC[C@@H]2c2nnc(C)o2)c(OC)c1. The smallest absolute Gasteiger partial charge is 0.258 e. The maximum atomic E-state index is 13.0. The first-order valence-corrected chi connectivity index (χ1v) is 7.54. The topological polar surface area (TPSA) is 86.9 Å². The molecule has 1 aliphatic rings. The van der Waals surface area contributed by atoms with Crippen LogP contribution in [0.2, 0.25) is 0 Å². The summed E-state index contributed by atoms with van der Waals surface area (Å²) in [4.78, 5) is 14.7. The Hall–Kier alpha value is -2.61. The van der Waals surface area contributed by atoms with Gasteiger partial charge in [0.1, 0.15) is 17.5 Å². The van der Waals surface area contributed by atoms with Crippen molar-refractivity contribution in [1.29, 1.82) is 0 Å². The number of methoxy groups -OCH3 is 2. The van der Waals surface area contributed by atoms with Crippen LogP contribution in [-0.2, 0) is 4.74 Å². The van der Waals surface area contributed by atoms with Crippen molar-refractivity contribution >= 4 is 5.91 Å². The highest BCUT2D eigenvalue weighted by molar-refractivity contribution is 5.97. The van der Waals surface area contributed by atoms with Crippen molar-refractivity contribution in [1.82, 2.24) is 15.1 Å². The van der Waals surface area contributed by atoms with Crippen molar-refractivity contribution in [3.63, 3.8) is 0 Å². The summed E-state index contributed by atoms with van der Waals surface area (Å²) in [5.41, 5.74) is 0.446. The van der Waals surface area contributed by atoms with E-state index >= 15 is 0 Å². The molecule has 2 aromatic rings. The largest absolute Gasteiger partial charge is 0.497 e. The molecule has 0 spiro atoms. The number of benzene rings is 1. The third kappa shape index (κ3) is 3.05. The Morgan fingerprint density at radius 3 is 2.79 bits per heavy atom. The Balaban J connectivity index is 1.92. The molecule has 1 amide bonds. The van der Waals surface area contributed by atoms with Crippen molar-refractivity contribution in [3.8, 4) is 11.5 Å². The Kier molecular flexibility index (Phi) is 4.66. The number of amides is 1. The predicted molar refractivity (Wildman–Crippen MR) is 83.2 cm³/mol. The van der Waals surface area contributed by atoms with Gasteiger partial charge in [-0.25, -0.2) is 0 Å². The third-order valence-corrected chi connectivity index (χ3v) is 3.86. The number of hydrogen-bond acceptors (Lipinski definition) is 7. The van der Waals surface area contributed by atoms with Crippen molar-refractivity contribution in [2.24, 2.45) is 0 Å². The van der Waals surface area contributed by atoms with Crippen LogP contribution in [0, 0.1) is 6.92 Å². The van der Waals surface area contributed by atoms with Crippen molar-refractivity contribution < 1.29 is 23.4 Å². The number of carbonyl (C=O) groups is 1. The second-order valence-corrected chi connectivity index (χ2v) is 5.31. The minimum absolute atomic E-state index is 0.182. The maximum Gasteiger partial charge on any atom is 0.258 e. The van der Waals surface area contributed by atoms with Gasteiger partial charge in [0, 0.05) is 19.5 Å². The van der Waals surface area contributed by atoms with Crippen molar-refractivity contribution in [2.75, 3.05) is 34.0 Å². The van der Waals surface area contributed by atoms with E-state index in [9.17, 15) is 4.79 Å². The minimum atomic E-state index is -0.417. The molecule has 2 heterocycles. The van der Waals surface area contributed by atoms with Crippen molar-refractivity contribution in [2.45, 2.75) is 13.0 Å². The van der Waals surface area contributed by atoms with E-state index in [-0.39, 0.29) is 5.91 Å². The molecule has 0 unspecified atom stereocenters. The van der Waals surface area contributed by atoms with Crippen LogP contribution in [0.15, 0.2) is 22.6 Å².